The second kappa shape index (κ2) is 6.05. The van der Waals surface area contributed by atoms with E-state index in [-0.39, 0.29) is 11.5 Å². The summed E-state index contributed by atoms with van der Waals surface area (Å²) in [5.74, 6) is 0.975. The van der Waals surface area contributed by atoms with Crippen LogP contribution in [0.15, 0.2) is 6.20 Å². The highest BCUT2D eigenvalue weighted by molar-refractivity contribution is 7.91. The van der Waals surface area contributed by atoms with Crippen molar-refractivity contribution in [2.45, 2.75) is 45.7 Å². The minimum atomic E-state index is -2.92. The monoisotopic (exact) mass is 285 g/mol. The van der Waals surface area contributed by atoms with Crippen LogP contribution in [0, 0.1) is 0 Å². The maximum atomic E-state index is 11.6. The second-order valence-corrected chi connectivity index (χ2v) is 7.54. The van der Waals surface area contributed by atoms with Crippen molar-refractivity contribution >= 4 is 9.84 Å². The molecule has 2 rings (SSSR count). The molecule has 0 radical (unpaired) electrons. The lowest BCUT2D eigenvalue weighted by Crippen LogP contribution is -2.18. The van der Waals surface area contributed by atoms with E-state index in [1.165, 1.54) is 24.1 Å². The van der Waals surface area contributed by atoms with Gasteiger partial charge >= 0.3 is 0 Å². The van der Waals surface area contributed by atoms with Crippen molar-refractivity contribution in [2.24, 2.45) is 0 Å². The molecule has 1 aromatic heterocycles. The van der Waals surface area contributed by atoms with Gasteiger partial charge in [-0.1, -0.05) is 13.8 Å². The predicted molar refractivity (Wildman–Crippen MR) is 75.9 cm³/mol. The molecule has 0 amide bonds. The Morgan fingerprint density at radius 1 is 1.42 bits per heavy atom. The minimum Gasteiger partial charge on any atom is -0.313 e. The Bertz CT molecular complexity index is 518. The van der Waals surface area contributed by atoms with E-state index in [0.29, 0.717) is 12.5 Å². The van der Waals surface area contributed by atoms with E-state index in [0.717, 1.165) is 13.1 Å². The number of hydrogen-bond acceptors (Lipinski definition) is 4. The van der Waals surface area contributed by atoms with Crippen LogP contribution in [0.5, 0.6) is 0 Å². The number of hydrogen-bond donors (Lipinski definition) is 1. The summed E-state index contributed by atoms with van der Waals surface area (Å²) in [7, 11) is -2.92. The van der Waals surface area contributed by atoms with Gasteiger partial charge in [0.1, 0.15) is 0 Å². The topological polar surface area (TPSA) is 64.0 Å². The van der Waals surface area contributed by atoms with Crippen LogP contribution in [0.1, 0.15) is 43.9 Å². The number of nitrogens with one attached hydrogen (secondary N) is 1. The van der Waals surface area contributed by atoms with Gasteiger partial charge in [-0.25, -0.2) is 8.42 Å². The standard InChI is InChI=1S/C13H23N3O2S/c1-3-14-9-12-10-15-16(13(12)11-5-6-11)7-8-19(17,18)4-2/h10-11,14H,3-9H2,1-2H3. The van der Waals surface area contributed by atoms with E-state index in [9.17, 15) is 8.42 Å². The molecular weight excluding hydrogens is 262 g/mol. The van der Waals surface area contributed by atoms with Crippen molar-refractivity contribution < 1.29 is 8.42 Å². The molecule has 19 heavy (non-hydrogen) atoms. The Hall–Kier alpha value is -0.880. The lowest BCUT2D eigenvalue weighted by Gasteiger charge is -2.09. The zero-order valence-corrected chi connectivity index (χ0v) is 12.5. The lowest BCUT2D eigenvalue weighted by molar-refractivity contribution is 0.573. The molecule has 1 saturated carbocycles. The second-order valence-electron chi connectivity index (χ2n) is 5.07. The number of aryl methyl sites for hydroxylation is 1. The molecule has 5 nitrogen and oxygen atoms in total. The fourth-order valence-corrected chi connectivity index (χ4v) is 2.95. The van der Waals surface area contributed by atoms with Crippen molar-refractivity contribution in [3.05, 3.63) is 17.5 Å². The van der Waals surface area contributed by atoms with E-state index in [2.05, 4.69) is 17.3 Å². The lowest BCUT2D eigenvalue weighted by atomic mass is 10.2. The van der Waals surface area contributed by atoms with Crippen molar-refractivity contribution in [3.8, 4) is 0 Å². The van der Waals surface area contributed by atoms with Crippen LogP contribution in [0.4, 0.5) is 0 Å². The van der Waals surface area contributed by atoms with Gasteiger partial charge in [0.05, 0.1) is 18.5 Å². The van der Waals surface area contributed by atoms with Crippen LogP contribution in [-0.2, 0) is 22.9 Å². The number of nitrogens with zero attached hydrogens (tertiary/aromatic N) is 2. The number of aromatic nitrogens is 2. The van der Waals surface area contributed by atoms with E-state index in [4.69, 9.17) is 0 Å². The zero-order valence-electron chi connectivity index (χ0n) is 11.7. The molecular formula is C13H23N3O2S. The molecule has 1 heterocycles. The van der Waals surface area contributed by atoms with Crippen molar-refractivity contribution in [1.29, 1.82) is 0 Å². The van der Waals surface area contributed by atoms with Crippen molar-refractivity contribution in [3.63, 3.8) is 0 Å². The van der Waals surface area contributed by atoms with Gasteiger partial charge in [-0.15, -0.1) is 0 Å². The molecule has 1 aromatic rings. The summed E-state index contributed by atoms with van der Waals surface area (Å²) in [5.41, 5.74) is 2.46. The molecule has 1 fully saturated rings. The van der Waals surface area contributed by atoms with Gasteiger partial charge < -0.3 is 5.32 Å². The highest BCUT2D eigenvalue weighted by Gasteiger charge is 2.30. The van der Waals surface area contributed by atoms with Crippen LogP contribution >= 0.6 is 0 Å². The number of sulfone groups is 1. The third-order valence-corrected chi connectivity index (χ3v) is 5.23. The Labute approximate surface area is 115 Å². The highest BCUT2D eigenvalue weighted by atomic mass is 32.2. The van der Waals surface area contributed by atoms with E-state index < -0.39 is 9.84 Å². The average molecular weight is 285 g/mol. The van der Waals surface area contributed by atoms with Gasteiger partial charge in [0.2, 0.25) is 0 Å². The van der Waals surface area contributed by atoms with E-state index in [1.807, 2.05) is 10.9 Å². The highest BCUT2D eigenvalue weighted by Crippen LogP contribution is 2.41. The summed E-state index contributed by atoms with van der Waals surface area (Å²) < 4.78 is 25.1. The van der Waals surface area contributed by atoms with Gasteiger partial charge in [0.25, 0.3) is 0 Å². The van der Waals surface area contributed by atoms with Gasteiger partial charge in [-0.2, -0.15) is 5.10 Å². The predicted octanol–water partition coefficient (Wildman–Crippen LogP) is 1.30. The van der Waals surface area contributed by atoms with E-state index >= 15 is 0 Å². The van der Waals surface area contributed by atoms with Crippen LogP contribution < -0.4 is 5.32 Å². The molecule has 1 aliphatic carbocycles. The van der Waals surface area contributed by atoms with E-state index in [1.54, 1.807) is 6.92 Å². The molecule has 0 atom stereocenters. The van der Waals surface area contributed by atoms with Crippen LogP contribution in [0.3, 0.4) is 0 Å². The summed E-state index contributed by atoms with van der Waals surface area (Å²) in [4.78, 5) is 0. The molecule has 0 aromatic carbocycles. The average Bonchev–Trinajstić information content (AvgIpc) is 3.15. The molecule has 6 heteroatoms. The zero-order chi connectivity index (χ0) is 13.9. The van der Waals surface area contributed by atoms with Crippen LogP contribution in [0.25, 0.3) is 0 Å². The fourth-order valence-electron chi connectivity index (χ4n) is 2.21. The molecule has 0 unspecified atom stereocenters. The van der Waals surface area contributed by atoms with Gasteiger partial charge in [0.15, 0.2) is 9.84 Å². The molecule has 1 aliphatic rings. The van der Waals surface area contributed by atoms with Gasteiger partial charge in [0, 0.05) is 29.5 Å². The first-order chi connectivity index (χ1) is 9.07. The Morgan fingerprint density at radius 2 is 2.16 bits per heavy atom. The van der Waals surface area contributed by atoms with Crippen LogP contribution in [0.2, 0.25) is 0 Å². The quantitative estimate of drug-likeness (QED) is 0.782. The largest absolute Gasteiger partial charge is 0.313 e. The SMILES string of the molecule is CCNCc1cnn(CCS(=O)(=O)CC)c1C1CC1. The summed E-state index contributed by atoms with van der Waals surface area (Å²) in [6.07, 6.45) is 4.28. The molecule has 0 aliphatic heterocycles. The minimum absolute atomic E-state index is 0.186. The summed E-state index contributed by atoms with van der Waals surface area (Å²) in [5, 5.41) is 7.69. The maximum Gasteiger partial charge on any atom is 0.151 e. The number of rotatable bonds is 8. The Kier molecular flexibility index (Phi) is 4.62. The third-order valence-electron chi connectivity index (χ3n) is 3.54. The normalized spacial score (nSPS) is 15.9. The Morgan fingerprint density at radius 3 is 2.74 bits per heavy atom. The molecule has 0 spiro atoms. The molecule has 1 N–H and O–H groups in total. The van der Waals surface area contributed by atoms with Gasteiger partial charge in [-0.3, -0.25) is 4.68 Å². The third kappa shape index (κ3) is 3.79. The van der Waals surface area contributed by atoms with Crippen molar-refractivity contribution in [1.82, 2.24) is 15.1 Å². The summed E-state index contributed by atoms with van der Waals surface area (Å²) in [6, 6.07) is 0. The van der Waals surface area contributed by atoms with Crippen molar-refractivity contribution in [2.75, 3.05) is 18.1 Å². The Balaban J connectivity index is 2.09. The first-order valence-electron chi connectivity index (χ1n) is 7.03. The summed E-state index contributed by atoms with van der Waals surface area (Å²) in [6.45, 7) is 6.00. The van der Waals surface area contributed by atoms with Gasteiger partial charge in [-0.05, 0) is 19.4 Å². The molecule has 108 valence electrons. The first kappa shape index (κ1) is 14.5. The maximum absolute atomic E-state index is 11.6. The van der Waals surface area contributed by atoms with Crippen LogP contribution in [-0.4, -0.2) is 36.2 Å². The first-order valence-corrected chi connectivity index (χ1v) is 8.85. The molecule has 0 saturated heterocycles. The smallest absolute Gasteiger partial charge is 0.151 e. The summed E-state index contributed by atoms with van der Waals surface area (Å²) >= 11 is 0. The molecule has 0 bridgehead atoms. The fraction of sp³-hybridized carbons (Fsp3) is 0.769.